The van der Waals surface area contributed by atoms with E-state index >= 15 is 0 Å². The minimum atomic E-state index is -1.59. The summed E-state index contributed by atoms with van der Waals surface area (Å²) < 4.78 is 39.5. The second-order valence-electron chi connectivity index (χ2n) is 7.17. The van der Waals surface area contributed by atoms with Crippen molar-refractivity contribution in [3.05, 3.63) is 35.3 Å². The van der Waals surface area contributed by atoms with Gasteiger partial charge in [-0.3, -0.25) is 4.79 Å². The molecule has 0 aliphatic carbocycles. The Bertz CT molecular complexity index is 1020. The molecular weight excluding hydrogens is 403 g/mol. The first kappa shape index (κ1) is 19.7. The summed E-state index contributed by atoms with van der Waals surface area (Å²) in [6.45, 7) is 2.56. The van der Waals surface area contributed by atoms with Gasteiger partial charge in [-0.25, -0.2) is 22.9 Å². The molecule has 1 saturated heterocycles. The Labute approximate surface area is 169 Å². The molecule has 158 valence electrons. The van der Waals surface area contributed by atoms with Gasteiger partial charge in [-0.05, 0) is 6.92 Å². The van der Waals surface area contributed by atoms with Crippen LogP contribution in [-0.2, 0) is 4.79 Å². The van der Waals surface area contributed by atoms with Crippen LogP contribution in [0.5, 0.6) is 0 Å². The average molecular weight is 421 g/mol. The van der Waals surface area contributed by atoms with Crippen LogP contribution in [0.1, 0.15) is 5.69 Å². The zero-order valence-corrected chi connectivity index (χ0v) is 16.1. The maximum Gasteiger partial charge on any atom is 0.321 e. The number of carbonyl (C=O) groups excluding carboxylic acids is 2. The number of hydrogen-bond donors (Lipinski definition) is 3. The summed E-state index contributed by atoms with van der Waals surface area (Å²) in [5.74, 6) is -3.53. The van der Waals surface area contributed by atoms with Crippen molar-refractivity contribution in [3.63, 3.8) is 0 Å². The molecule has 9 nitrogen and oxygen atoms in total. The molecule has 1 aromatic carbocycles. The maximum absolute atomic E-state index is 13.3. The monoisotopic (exact) mass is 421 g/mol. The lowest BCUT2D eigenvalue weighted by atomic mass is 10.1. The SMILES string of the molecule is Cc1nc(NC2CN(C(=O)Nc3cc(F)c(F)c(F)c3)C2)nc2c1NC(=O)CN2C. The van der Waals surface area contributed by atoms with Crippen LogP contribution >= 0.6 is 0 Å². The van der Waals surface area contributed by atoms with Crippen LogP contribution in [0.2, 0.25) is 0 Å². The normalized spacial score (nSPS) is 16.0. The Hall–Kier alpha value is -3.57. The quantitative estimate of drug-likeness (QED) is 0.655. The van der Waals surface area contributed by atoms with E-state index in [4.69, 9.17) is 0 Å². The van der Waals surface area contributed by atoms with E-state index in [0.29, 0.717) is 48.4 Å². The van der Waals surface area contributed by atoms with Crippen LogP contribution in [0, 0.1) is 24.4 Å². The lowest BCUT2D eigenvalue weighted by molar-refractivity contribution is -0.115. The highest BCUT2D eigenvalue weighted by atomic mass is 19.2. The van der Waals surface area contributed by atoms with E-state index in [1.54, 1.807) is 18.9 Å². The van der Waals surface area contributed by atoms with Crippen molar-refractivity contribution in [2.45, 2.75) is 13.0 Å². The van der Waals surface area contributed by atoms with Gasteiger partial charge in [-0.15, -0.1) is 0 Å². The molecule has 0 spiro atoms. The van der Waals surface area contributed by atoms with E-state index in [1.165, 1.54) is 4.90 Å². The summed E-state index contributed by atoms with van der Waals surface area (Å²) in [6, 6.07) is 0.734. The Morgan fingerprint density at radius 2 is 1.87 bits per heavy atom. The van der Waals surface area contributed by atoms with Gasteiger partial charge < -0.3 is 25.8 Å². The topological polar surface area (TPSA) is 102 Å². The maximum atomic E-state index is 13.3. The minimum Gasteiger partial charge on any atom is -0.348 e. The van der Waals surface area contributed by atoms with Crippen molar-refractivity contribution in [2.75, 3.05) is 47.5 Å². The molecule has 12 heteroatoms. The first-order chi connectivity index (χ1) is 14.2. The van der Waals surface area contributed by atoms with Gasteiger partial charge in [0.2, 0.25) is 11.9 Å². The molecule has 4 rings (SSSR count). The second-order valence-corrected chi connectivity index (χ2v) is 7.17. The Balaban J connectivity index is 1.36. The van der Waals surface area contributed by atoms with Crippen molar-refractivity contribution in [2.24, 2.45) is 0 Å². The fourth-order valence-electron chi connectivity index (χ4n) is 3.26. The number of urea groups is 1. The number of carbonyl (C=O) groups is 2. The smallest absolute Gasteiger partial charge is 0.321 e. The average Bonchev–Trinajstić information content (AvgIpc) is 2.63. The largest absolute Gasteiger partial charge is 0.348 e. The van der Waals surface area contributed by atoms with Gasteiger partial charge >= 0.3 is 6.03 Å². The molecule has 0 saturated carbocycles. The van der Waals surface area contributed by atoms with Crippen molar-refractivity contribution in [1.29, 1.82) is 0 Å². The molecule has 1 aromatic heterocycles. The van der Waals surface area contributed by atoms with E-state index in [0.717, 1.165) is 0 Å². The van der Waals surface area contributed by atoms with Gasteiger partial charge in [-0.2, -0.15) is 4.98 Å². The molecular formula is C18H18F3N7O2. The van der Waals surface area contributed by atoms with Crippen molar-refractivity contribution >= 4 is 35.1 Å². The molecule has 2 aliphatic heterocycles. The molecule has 2 aromatic rings. The van der Waals surface area contributed by atoms with E-state index < -0.39 is 23.5 Å². The molecule has 3 N–H and O–H groups in total. The molecule has 3 amide bonds. The Kier molecular flexibility index (Phi) is 4.84. The standard InChI is InChI=1S/C18H18F3N7O2/c1-8-15-16(27(2)7-13(29)25-15)26-17(22-8)23-10-5-28(6-10)18(30)24-9-3-11(19)14(21)12(20)4-9/h3-4,10H,5-7H2,1-2H3,(H,24,30)(H,25,29)(H,22,23,26). The first-order valence-electron chi connectivity index (χ1n) is 9.08. The fourth-order valence-corrected chi connectivity index (χ4v) is 3.26. The van der Waals surface area contributed by atoms with Gasteiger partial charge in [0.1, 0.15) is 5.69 Å². The summed E-state index contributed by atoms with van der Waals surface area (Å²) in [5.41, 5.74) is 0.996. The number of halogens is 3. The minimum absolute atomic E-state index is 0.127. The highest BCUT2D eigenvalue weighted by Crippen LogP contribution is 2.30. The van der Waals surface area contributed by atoms with E-state index in [9.17, 15) is 22.8 Å². The summed E-state index contributed by atoms with van der Waals surface area (Å²) in [7, 11) is 1.75. The third-order valence-corrected chi connectivity index (χ3v) is 4.81. The molecule has 30 heavy (non-hydrogen) atoms. The second kappa shape index (κ2) is 7.35. The lowest BCUT2D eigenvalue weighted by Crippen LogP contribution is -2.58. The van der Waals surface area contributed by atoms with Crippen molar-refractivity contribution in [3.8, 4) is 0 Å². The molecule has 0 atom stereocenters. The van der Waals surface area contributed by atoms with E-state index in [-0.39, 0.29) is 24.2 Å². The molecule has 0 radical (unpaired) electrons. The highest BCUT2D eigenvalue weighted by molar-refractivity contribution is 6.00. The van der Waals surface area contributed by atoms with Crippen molar-refractivity contribution < 1.29 is 22.8 Å². The number of aromatic nitrogens is 2. The number of fused-ring (bicyclic) bond motifs is 1. The van der Waals surface area contributed by atoms with Gasteiger partial charge in [0.05, 0.1) is 18.3 Å². The van der Waals surface area contributed by atoms with Gasteiger partial charge in [0, 0.05) is 38.0 Å². The van der Waals surface area contributed by atoms with Crippen LogP contribution in [0.4, 0.5) is 41.1 Å². The lowest BCUT2D eigenvalue weighted by Gasteiger charge is -2.39. The molecule has 2 aliphatic rings. The van der Waals surface area contributed by atoms with Gasteiger partial charge in [0.15, 0.2) is 23.3 Å². The van der Waals surface area contributed by atoms with Crippen molar-refractivity contribution in [1.82, 2.24) is 14.9 Å². The van der Waals surface area contributed by atoms with Gasteiger partial charge in [-0.1, -0.05) is 0 Å². The predicted octanol–water partition coefficient (Wildman–Crippen LogP) is 1.92. The van der Waals surface area contributed by atoms with Gasteiger partial charge in [0.25, 0.3) is 0 Å². The number of benzene rings is 1. The number of rotatable bonds is 3. The van der Waals surface area contributed by atoms with Crippen LogP contribution < -0.4 is 20.9 Å². The van der Waals surface area contributed by atoms with E-state index in [2.05, 4.69) is 25.9 Å². The fraction of sp³-hybridized carbons (Fsp3) is 0.333. The summed E-state index contributed by atoms with van der Waals surface area (Å²) in [4.78, 5) is 35.8. The number of amides is 3. The molecule has 0 unspecified atom stereocenters. The van der Waals surface area contributed by atoms with Crippen LogP contribution in [0.15, 0.2) is 12.1 Å². The number of nitrogens with zero attached hydrogens (tertiary/aromatic N) is 4. The predicted molar refractivity (Wildman–Crippen MR) is 103 cm³/mol. The number of likely N-dealkylation sites (N-methyl/N-ethyl adjacent to an activating group) is 1. The van der Waals surface area contributed by atoms with Crippen LogP contribution in [-0.4, -0.2) is 59.5 Å². The third kappa shape index (κ3) is 3.67. The summed E-state index contributed by atoms with van der Waals surface area (Å²) in [6.07, 6.45) is 0. The van der Waals surface area contributed by atoms with Crippen LogP contribution in [0.3, 0.4) is 0 Å². The van der Waals surface area contributed by atoms with Crippen LogP contribution in [0.25, 0.3) is 0 Å². The number of nitrogens with one attached hydrogen (secondary N) is 3. The first-order valence-corrected chi connectivity index (χ1v) is 9.08. The Morgan fingerprint density at radius 1 is 1.20 bits per heavy atom. The zero-order valence-electron chi connectivity index (χ0n) is 16.1. The Morgan fingerprint density at radius 3 is 2.53 bits per heavy atom. The zero-order chi connectivity index (χ0) is 21.6. The summed E-state index contributed by atoms with van der Waals surface area (Å²) in [5, 5.41) is 8.21. The molecule has 1 fully saturated rings. The number of likely N-dealkylation sites (tertiary alicyclic amines) is 1. The molecule has 0 bridgehead atoms. The highest BCUT2D eigenvalue weighted by Gasteiger charge is 2.32. The number of aryl methyl sites for hydroxylation is 1. The number of anilines is 4. The van der Waals surface area contributed by atoms with E-state index in [1.807, 2.05) is 0 Å². The number of hydrogen-bond acceptors (Lipinski definition) is 6. The molecule has 3 heterocycles. The summed E-state index contributed by atoms with van der Waals surface area (Å²) >= 11 is 0. The third-order valence-electron chi connectivity index (χ3n) is 4.81.